The first-order valence-corrected chi connectivity index (χ1v) is 19.1. The summed E-state index contributed by atoms with van der Waals surface area (Å²) in [7, 11) is 0. The molecule has 0 aliphatic carbocycles. The van der Waals surface area contributed by atoms with Crippen molar-refractivity contribution in [1.29, 1.82) is 0 Å². The summed E-state index contributed by atoms with van der Waals surface area (Å²) >= 11 is 0. The molecule has 59 heavy (non-hydrogen) atoms. The minimum Gasteiger partial charge on any atom is -0.454 e. The fourth-order valence-corrected chi connectivity index (χ4v) is 7.53. The lowest BCUT2D eigenvalue weighted by Crippen LogP contribution is -2.69. The van der Waals surface area contributed by atoms with E-state index in [1.165, 1.54) is 20.8 Å². The van der Waals surface area contributed by atoms with Gasteiger partial charge in [0.2, 0.25) is 5.91 Å². The molecule has 1 amide bonds. The number of carbonyl (C=O) groups is 2. The number of amides is 1. The highest BCUT2D eigenvalue weighted by atomic mass is 16.8. The maximum absolute atomic E-state index is 12.5. The third-order valence-electron chi connectivity index (χ3n) is 10.9. The lowest BCUT2D eigenvalue weighted by molar-refractivity contribution is -0.396. The van der Waals surface area contributed by atoms with Crippen LogP contribution in [0.5, 0.6) is 0 Å². The molecular formula is C34H57NO24. The van der Waals surface area contributed by atoms with Crippen molar-refractivity contribution in [1.82, 2.24) is 5.32 Å². The summed E-state index contributed by atoms with van der Waals surface area (Å²) in [5.74, 6) is -1.63. The fraction of sp³-hybridized carbons (Fsp3) is 0.941. The van der Waals surface area contributed by atoms with E-state index in [2.05, 4.69) is 5.32 Å². The Hall–Kier alpha value is -1.90. The van der Waals surface area contributed by atoms with Crippen molar-refractivity contribution in [3.63, 3.8) is 0 Å². The van der Waals surface area contributed by atoms with Crippen molar-refractivity contribution in [3.8, 4) is 0 Å². The molecular weight excluding hydrogens is 806 g/mol. The molecule has 5 saturated heterocycles. The molecule has 25 heteroatoms. The third-order valence-corrected chi connectivity index (χ3v) is 10.9. The molecule has 342 valence electrons. The van der Waals surface area contributed by atoms with Gasteiger partial charge in [0, 0.05) is 13.8 Å². The van der Waals surface area contributed by atoms with Crippen molar-refractivity contribution < 1.29 is 118 Å². The molecule has 0 aromatic rings. The Labute approximate surface area is 336 Å². The van der Waals surface area contributed by atoms with Crippen molar-refractivity contribution in [2.45, 2.75) is 188 Å². The first-order chi connectivity index (χ1) is 27.7. The number of ether oxygens (including phenoxy) is 10. The molecule has 0 aromatic carbocycles. The summed E-state index contributed by atoms with van der Waals surface area (Å²) in [6.07, 6.45) is -40.4. The molecule has 5 fully saturated rings. The van der Waals surface area contributed by atoms with Crippen LogP contribution in [0.25, 0.3) is 0 Å². The van der Waals surface area contributed by atoms with Gasteiger partial charge in [-0.25, -0.2) is 0 Å². The van der Waals surface area contributed by atoms with Gasteiger partial charge in [-0.05, 0) is 20.8 Å². The smallest absolute Gasteiger partial charge is 0.303 e. The van der Waals surface area contributed by atoms with Crippen LogP contribution < -0.4 is 5.32 Å². The zero-order chi connectivity index (χ0) is 43.8. The second-order valence-electron chi connectivity index (χ2n) is 15.2. The lowest BCUT2D eigenvalue weighted by Gasteiger charge is -2.50. The molecule has 5 aliphatic rings. The van der Waals surface area contributed by atoms with Gasteiger partial charge in [0.1, 0.15) is 97.6 Å². The maximum atomic E-state index is 12.5. The summed E-state index contributed by atoms with van der Waals surface area (Å²) in [6, 6.07) is -1.47. The van der Waals surface area contributed by atoms with Crippen LogP contribution in [0, 0.1) is 0 Å². The predicted molar refractivity (Wildman–Crippen MR) is 183 cm³/mol. The number of hydrogen-bond acceptors (Lipinski definition) is 24. The SMILES string of the molecule is CC(=O)N[C@@H]1[C@@H](O[C@@H]2O[C@@H](C)[C@H](O)[C@@H](O[C@@H]3O[C@@H](C)[C@H](O)[C@@H](O)[C@H]3O[C@@H]3O[C@@H](C)[C@H](O)[C@@H](O[C@@H]4O[C@H](CO)[C@@H](O)[C@H](O)[C@H]4O)[C@H]3O)[C@H]2OC(C)=O)[C@H](O)[C@@H](CO)O[C@H]1O. The summed E-state index contributed by atoms with van der Waals surface area (Å²) < 4.78 is 57.3. The number of hydrogen-bond donors (Lipinski definition) is 13. The zero-order valence-corrected chi connectivity index (χ0v) is 32.6. The Balaban J connectivity index is 1.41. The molecule has 5 aliphatic heterocycles. The number of nitrogens with one attached hydrogen (secondary N) is 1. The highest BCUT2D eigenvalue weighted by Gasteiger charge is 2.57. The molecule has 0 spiro atoms. The van der Waals surface area contributed by atoms with Crippen LogP contribution in [0.3, 0.4) is 0 Å². The van der Waals surface area contributed by atoms with Gasteiger partial charge in [-0.2, -0.15) is 0 Å². The Morgan fingerprint density at radius 2 is 0.949 bits per heavy atom. The Morgan fingerprint density at radius 3 is 1.53 bits per heavy atom. The van der Waals surface area contributed by atoms with Crippen molar-refractivity contribution in [2.75, 3.05) is 13.2 Å². The standard InChI is InChI=1S/C34H57NO24/c1-8-16(40)22(46)28(59-32-24(48)26(17(41)9(2)50-32)57-31-23(47)21(45)19(43)13(6-36)55-31)33(51-8)58-27-18(42)10(3)52-34(29(27)53-12(5)39)56-25-15(35-11(4)38)30(49)54-14(7-37)20(25)44/h8-10,13-34,36-37,40-49H,6-7H2,1-5H3,(H,35,38)/t8-,9-,10-,13+,14+,15+,16-,17-,18-,19+,20+,21-,22+,23+,24+,25+,26+,27+,28+,29+,30+,31-,32-,33-,34-/m0/s1. The van der Waals surface area contributed by atoms with Gasteiger partial charge in [-0.15, -0.1) is 0 Å². The van der Waals surface area contributed by atoms with E-state index in [1.807, 2.05) is 0 Å². The molecule has 0 radical (unpaired) electrons. The van der Waals surface area contributed by atoms with Crippen LogP contribution in [0.4, 0.5) is 0 Å². The van der Waals surface area contributed by atoms with Gasteiger partial charge in [-0.1, -0.05) is 0 Å². The van der Waals surface area contributed by atoms with E-state index < -0.39 is 179 Å². The Morgan fingerprint density at radius 1 is 0.475 bits per heavy atom. The van der Waals surface area contributed by atoms with Gasteiger partial charge < -0.3 is 114 Å². The molecule has 0 unspecified atom stereocenters. The number of aliphatic hydroxyl groups excluding tert-OH is 12. The van der Waals surface area contributed by atoms with Gasteiger partial charge >= 0.3 is 5.97 Å². The summed E-state index contributed by atoms with van der Waals surface area (Å²) in [5.41, 5.74) is 0. The van der Waals surface area contributed by atoms with Gasteiger partial charge in [0.15, 0.2) is 37.6 Å². The fourth-order valence-electron chi connectivity index (χ4n) is 7.53. The van der Waals surface area contributed by atoms with E-state index in [4.69, 9.17) is 47.4 Å². The van der Waals surface area contributed by atoms with E-state index in [9.17, 15) is 70.9 Å². The minimum atomic E-state index is -2.00. The second-order valence-corrected chi connectivity index (χ2v) is 15.2. The van der Waals surface area contributed by atoms with Crippen molar-refractivity contribution in [2.24, 2.45) is 0 Å². The average molecular weight is 864 g/mol. The number of esters is 1. The first-order valence-electron chi connectivity index (χ1n) is 19.1. The van der Waals surface area contributed by atoms with Gasteiger partial charge in [0.05, 0.1) is 31.5 Å². The quantitative estimate of drug-likeness (QED) is 0.0810. The van der Waals surface area contributed by atoms with E-state index in [0.29, 0.717) is 0 Å². The Bertz CT molecular complexity index is 1380. The molecule has 0 saturated carbocycles. The van der Waals surface area contributed by atoms with Crippen LogP contribution in [0.15, 0.2) is 0 Å². The molecule has 25 nitrogen and oxygen atoms in total. The maximum Gasteiger partial charge on any atom is 0.303 e. The van der Waals surface area contributed by atoms with E-state index in [-0.39, 0.29) is 0 Å². The van der Waals surface area contributed by atoms with Crippen LogP contribution in [-0.2, 0) is 57.0 Å². The normalized spacial score (nSPS) is 50.8. The van der Waals surface area contributed by atoms with E-state index in [0.717, 1.165) is 13.8 Å². The molecule has 0 aromatic heterocycles. The highest BCUT2D eigenvalue weighted by Crippen LogP contribution is 2.36. The molecule has 25 atom stereocenters. The van der Waals surface area contributed by atoms with Gasteiger partial charge in [-0.3, -0.25) is 9.59 Å². The van der Waals surface area contributed by atoms with Crippen LogP contribution in [-0.4, -0.2) is 240 Å². The van der Waals surface area contributed by atoms with Crippen LogP contribution >= 0.6 is 0 Å². The van der Waals surface area contributed by atoms with E-state index in [1.54, 1.807) is 0 Å². The first kappa shape index (κ1) is 48.1. The highest BCUT2D eigenvalue weighted by molar-refractivity contribution is 5.73. The van der Waals surface area contributed by atoms with E-state index >= 15 is 0 Å². The third kappa shape index (κ3) is 10.3. The van der Waals surface area contributed by atoms with Crippen LogP contribution in [0.2, 0.25) is 0 Å². The largest absolute Gasteiger partial charge is 0.454 e. The number of carbonyl (C=O) groups excluding carboxylic acids is 2. The van der Waals surface area contributed by atoms with Gasteiger partial charge in [0.25, 0.3) is 0 Å². The summed E-state index contributed by atoms with van der Waals surface area (Å²) in [5, 5.41) is 130. The molecule has 13 N–H and O–H groups in total. The zero-order valence-electron chi connectivity index (χ0n) is 32.6. The monoisotopic (exact) mass is 863 g/mol. The lowest BCUT2D eigenvalue weighted by atomic mass is 9.95. The van der Waals surface area contributed by atoms with Crippen LogP contribution in [0.1, 0.15) is 34.6 Å². The summed E-state index contributed by atoms with van der Waals surface area (Å²) in [6.45, 7) is 4.56. The minimum absolute atomic E-state index is 0.676. The Kier molecular flexibility index (Phi) is 16.4. The number of aliphatic hydroxyl groups is 12. The van der Waals surface area contributed by atoms with Crippen molar-refractivity contribution >= 4 is 11.9 Å². The predicted octanol–water partition coefficient (Wildman–Crippen LogP) is -8.13. The molecule has 5 heterocycles. The van der Waals surface area contributed by atoms with Crippen molar-refractivity contribution in [3.05, 3.63) is 0 Å². The number of rotatable bonds is 12. The second kappa shape index (κ2) is 20.1. The summed E-state index contributed by atoms with van der Waals surface area (Å²) in [4.78, 5) is 24.5. The molecule has 5 rings (SSSR count). The topological polar surface area (TPSA) is 381 Å². The molecule has 0 bridgehead atoms. The average Bonchev–Trinajstić information content (AvgIpc) is 3.18.